The highest BCUT2D eigenvalue weighted by atomic mass is 32.2. The van der Waals surface area contributed by atoms with E-state index in [1.54, 1.807) is 0 Å². The van der Waals surface area contributed by atoms with Gasteiger partial charge >= 0.3 is 0 Å². The molecule has 1 fully saturated rings. The Morgan fingerprint density at radius 2 is 1.86 bits per heavy atom. The van der Waals surface area contributed by atoms with E-state index in [4.69, 9.17) is 4.18 Å². The van der Waals surface area contributed by atoms with Crippen molar-refractivity contribution < 1.29 is 12.6 Å². The summed E-state index contributed by atoms with van der Waals surface area (Å²) in [6.45, 7) is 6.78. The van der Waals surface area contributed by atoms with Gasteiger partial charge in [-0.15, -0.1) is 0 Å². The van der Waals surface area contributed by atoms with E-state index in [0.717, 1.165) is 12.7 Å². The molecule has 0 aromatic rings. The van der Waals surface area contributed by atoms with E-state index in [2.05, 4.69) is 20.4 Å². The highest BCUT2D eigenvalue weighted by Gasteiger charge is 2.51. The Labute approximate surface area is 88.0 Å². The van der Waals surface area contributed by atoms with Gasteiger partial charge in [0.1, 0.15) is 0 Å². The molecule has 1 aliphatic rings. The van der Waals surface area contributed by atoms with Gasteiger partial charge in [-0.05, 0) is 12.0 Å². The summed E-state index contributed by atoms with van der Waals surface area (Å²) in [5.41, 5.74) is 0.562. The van der Waals surface area contributed by atoms with Crippen LogP contribution < -0.4 is 0 Å². The molecule has 0 aliphatic heterocycles. The van der Waals surface area contributed by atoms with Crippen LogP contribution in [0.25, 0.3) is 0 Å². The third kappa shape index (κ3) is 2.81. The summed E-state index contributed by atoms with van der Waals surface area (Å²) in [6, 6.07) is 2.44. The summed E-state index contributed by atoms with van der Waals surface area (Å²) >= 11 is 0. The fraction of sp³-hybridized carbons (Fsp3) is 1.00. The normalized spacial score (nSPS) is 27.7. The third-order valence-electron chi connectivity index (χ3n) is 3.54. The molecule has 0 heterocycles. The van der Waals surface area contributed by atoms with E-state index in [1.165, 1.54) is 12.1 Å². The van der Waals surface area contributed by atoms with Gasteiger partial charge in [0, 0.05) is 0 Å². The Morgan fingerprint density at radius 1 is 1.36 bits per heavy atom. The van der Waals surface area contributed by atoms with Crippen molar-refractivity contribution in [2.24, 2.45) is 0 Å². The minimum Gasteiger partial charge on any atom is -0.267 e. The van der Waals surface area contributed by atoms with Crippen LogP contribution >= 0.6 is 0 Å². The largest absolute Gasteiger partial charge is 0.267 e. The topological polar surface area (TPSA) is 43.4 Å². The molecule has 1 saturated carbocycles. The second kappa shape index (κ2) is 3.94. The first-order valence-electron chi connectivity index (χ1n) is 5.20. The molecule has 0 spiro atoms. The van der Waals surface area contributed by atoms with Gasteiger partial charge in [0.25, 0.3) is 10.1 Å². The van der Waals surface area contributed by atoms with Crippen molar-refractivity contribution in [1.82, 2.24) is 0 Å². The van der Waals surface area contributed by atoms with Crippen molar-refractivity contribution in [3.8, 4) is 0 Å². The predicted molar refractivity (Wildman–Crippen MR) is 60.7 cm³/mol. The lowest BCUT2D eigenvalue weighted by Crippen LogP contribution is -2.30. The van der Waals surface area contributed by atoms with Crippen molar-refractivity contribution in [2.75, 3.05) is 6.26 Å². The molecule has 0 aromatic carbocycles. The van der Waals surface area contributed by atoms with Crippen molar-refractivity contribution in [3.05, 3.63) is 0 Å². The lowest BCUT2D eigenvalue weighted by atomic mass is 10.9. The smallest absolute Gasteiger partial charge is 0.264 e. The molecular weight excluding hydrogens is 216 g/mol. The molecule has 1 rings (SSSR count). The number of hydrogen-bond donors (Lipinski definition) is 0. The quantitative estimate of drug-likeness (QED) is 0.543. The molecule has 1 aliphatic carbocycles. The Morgan fingerprint density at radius 3 is 2.21 bits per heavy atom. The summed E-state index contributed by atoms with van der Waals surface area (Å²) in [5, 5.41) is 0. The zero-order valence-corrected chi connectivity index (χ0v) is 11.2. The van der Waals surface area contributed by atoms with Crippen LogP contribution in [0.2, 0.25) is 24.2 Å². The minimum atomic E-state index is -3.25. The van der Waals surface area contributed by atoms with Crippen LogP contribution in [0.5, 0.6) is 0 Å². The van der Waals surface area contributed by atoms with Crippen LogP contribution in [0.15, 0.2) is 0 Å². The first-order chi connectivity index (χ1) is 6.32. The monoisotopic (exact) mass is 236 g/mol. The van der Waals surface area contributed by atoms with Gasteiger partial charge in [-0.3, -0.25) is 4.18 Å². The molecule has 0 amide bonds. The molecular formula is C9H20O3SSi. The molecule has 0 bridgehead atoms. The van der Waals surface area contributed by atoms with Gasteiger partial charge in [-0.25, -0.2) is 0 Å². The SMILES string of the molecule is CC[Si](C)(CC)C1CC1OS(C)(=O)=O. The maximum Gasteiger partial charge on any atom is 0.264 e. The highest BCUT2D eigenvalue weighted by molar-refractivity contribution is 7.86. The number of rotatable bonds is 5. The highest BCUT2D eigenvalue weighted by Crippen LogP contribution is 2.51. The predicted octanol–water partition coefficient (Wildman–Crippen LogP) is 2.22. The Hall–Kier alpha value is 0.127. The van der Waals surface area contributed by atoms with Gasteiger partial charge in [0.2, 0.25) is 0 Å². The minimum absolute atomic E-state index is 0.00145. The molecule has 14 heavy (non-hydrogen) atoms. The Bertz CT molecular complexity index is 295. The van der Waals surface area contributed by atoms with E-state index in [-0.39, 0.29) is 6.10 Å². The lowest BCUT2D eigenvalue weighted by Gasteiger charge is -2.24. The summed E-state index contributed by atoms with van der Waals surface area (Å²) in [4.78, 5) is 0. The fourth-order valence-electron chi connectivity index (χ4n) is 2.01. The van der Waals surface area contributed by atoms with Crippen molar-refractivity contribution >= 4 is 18.2 Å². The molecule has 84 valence electrons. The molecule has 2 atom stereocenters. The van der Waals surface area contributed by atoms with E-state index in [1.807, 2.05) is 0 Å². The molecule has 2 unspecified atom stereocenters. The molecule has 0 saturated heterocycles. The second-order valence-electron chi connectivity index (χ2n) is 4.54. The average Bonchev–Trinajstić information content (AvgIpc) is 2.80. The molecule has 3 nitrogen and oxygen atoms in total. The van der Waals surface area contributed by atoms with Crippen LogP contribution in [0.1, 0.15) is 20.3 Å². The van der Waals surface area contributed by atoms with Gasteiger partial charge in [0.05, 0.1) is 20.4 Å². The fourth-order valence-corrected chi connectivity index (χ4v) is 6.09. The summed E-state index contributed by atoms with van der Waals surface area (Å²) in [6.07, 6.45) is 2.10. The first-order valence-corrected chi connectivity index (χ1v) is 10.0. The third-order valence-corrected chi connectivity index (χ3v) is 9.77. The van der Waals surface area contributed by atoms with Crippen LogP contribution in [-0.2, 0) is 14.3 Å². The zero-order chi connectivity index (χ0) is 11.0. The van der Waals surface area contributed by atoms with Gasteiger partial charge in [-0.1, -0.05) is 32.5 Å². The van der Waals surface area contributed by atoms with E-state index < -0.39 is 18.2 Å². The lowest BCUT2D eigenvalue weighted by molar-refractivity contribution is 0.308. The van der Waals surface area contributed by atoms with Gasteiger partial charge in [0.15, 0.2) is 0 Å². The second-order valence-corrected chi connectivity index (χ2v) is 11.6. The molecule has 5 heteroatoms. The Balaban J connectivity index is 2.54. The maximum atomic E-state index is 10.9. The van der Waals surface area contributed by atoms with E-state index in [0.29, 0.717) is 5.54 Å². The van der Waals surface area contributed by atoms with Crippen molar-refractivity contribution in [2.45, 2.75) is 50.5 Å². The summed E-state index contributed by atoms with van der Waals surface area (Å²) in [7, 11) is -4.46. The van der Waals surface area contributed by atoms with Gasteiger partial charge < -0.3 is 0 Å². The molecule has 0 radical (unpaired) electrons. The number of hydrogen-bond acceptors (Lipinski definition) is 3. The van der Waals surface area contributed by atoms with Crippen molar-refractivity contribution in [3.63, 3.8) is 0 Å². The summed E-state index contributed by atoms with van der Waals surface area (Å²) in [5.74, 6) is 0. The average molecular weight is 236 g/mol. The zero-order valence-electron chi connectivity index (χ0n) is 9.41. The first kappa shape index (κ1) is 12.2. The summed E-state index contributed by atoms with van der Waals surface area (Å²) < 4.78 is 26.9. The maximum absolute atomic E-state index is 10.9. The van der Waals surface area contributed by atoms with Crippen LogP contribution in [0.4, 0.5) is 0 Å². The van der Waals surface area contributed by atoms with E-state index in [9.17, 15) is 8.42 Å². The Kier molecular flexibility index (Phi) is 3.44. The van der Waals surface area contributed by atoms with Crippen LogP contribution in [-0.4, -0.2) is 28.9 Å². The molecule has 0 aromatic heterocycles. The van der Waals surface area contributed by atoms with Crippen LogP contribution in [0.3, 0.4) is 0 Å². The van der Waals surface area contributed by atoms with Crippen LogP contribution in [0, 0.1) is 0 Å². The van der Waals surface area contributed by atoms with E-state index >= 15 is 0 Å². The standard InChI is InChI=1S/C9H20O3SSi/c1-5-14(4,6-2)9-7-8(9)12-13(3,10)11/h8-9H,5-7H2,1-4H3. The molecule has 0 N–H and O–H groups in total. The van der Waals surface area contributed by atoms with Gasteiger partial charge in [-0.2, -0.15) is 8.42 Å². The van der Waals surface area contributed by atoms with Crippen molar-refractivity contribution in [1.29, 1.82) is 0 Å².